The Morgan fingerprint density at radius 1 is 1.32 bits per heavy atom. The van der Waals surface area contributed by atoms with Crippen LogP contribution in [0.15, 0.2) is 12.1 Å². The van der Waals surface area contributed by atoms with Gasteiger partial charge in [-0.2, -0.15) is 0 Å². The maximum atomic E-state index is 14.0. The Labute approximate surface area is 112 Å². The van der Waals surface area contributed by atoms with Crippen LogP contribution in [0.25, 0.3) is 0 Å². The van der Waals surface area contributed by atoms with Crippen molar-refractivity contribution in [3.8, 4) is 0 Å². The van der Waals surface area contributed by atoms with Gasteiger partial charge in [-0.3, -0.25) is 4.79 Å². The minimum atomic E-state index is -0.708. The smallest absolute Gasteiger partial charge is 0.152 e. The molecule has 0 heterocycles. The molecule has 1 aliphatic rings. The molecule has 2 rings (SSSR count). The van der Waals surface area contributed by atoms with E-state index >= 15 is 0 Å². The molecule has 19 heavy (non-hydrogen) atoms. The number of nitrogens with zero attached hydrogens (tertiary/aromatic N) is 1. The highest BCUT2D eigenvalue weighted by atomic mass is 19.1. The number of aldehydes is 1. The topological polar surface area (TPSA) is 20.3 Å². The SMILES string of the molecule is CCN(CC1CCCC1)c1c(F)cc(F)cc1C=O. The van der Waals surface area contributed by atoms with Gasteiger partial charge in [0.15, 0.2) is 6.29 Å². The zero-order valence-corrected chi connectivity index (χ0v) is 11.2. The zero-order chi connectivity index (χ0) is 13.8. The van der Waals surface area contributed by atoms with E-state index in [0.29, 0.717) is 18.7 Å². The van der Waals surface area contributed by atoms with Crippen LogP contribution in [0.3, 0.4) is 0 Å². The van der Waals surface area contributed by atoms with E-state index in [-0.39, 0.29) is 11.3 Å². The largest absolute Gasteiger partial charge is 0.369 e. The predicted molar refractivity (Wildman–Crippen MR) is 71.6 cm³/mol. The fourth-order valence-electron chi connectivity index (χ4n) is 2.89. The van der Waals surface area contributed by atoms with Crippen molar-refractivity contribution in [1.82, 2.24) is 0 Å². The second-order valence-electron chi connectivity index (χ2n) is 5.13. The van der Waals surface area contributed by atoms with Crippen LogP contribution in [-0.4, -0.2) is 19.4 Å². The molecule has 2 nitrogen and oxygen atoms in total. The first kappa shape index (κ1) is 14.0. The summed E-state index contributed by atoms with van der Waals surface area (Å²) < 4.78 is 27.1. The summed E-state index contributed by atoms with van der Waals surface area (Å²) in [4.78, 5) is 12.9. The number of carbonyl (C=O) groups excluding carboxylic acids is 1. The Hall–Kier alpha value is -1.45. The highest BCUT2D eigenvalue weighted by molar-refractivity contribution is 5.84. The fourth-order valence-corrected chi connectivity index (χ4v) is 2.89. The lowest BCUT2D eigenvalue weighted by molar-refractivity contribution is 0.112. The number of hydrogen-bond donors (Lipinski definition) is 0. The highest BCUT2D eigenvalue weighted by Crippen LogP contribution is 2.30. The standard InChI is InChI=1S/C15H19F2NO/c1-2-18(9-11-5-3-4-6-11)15-12(10-19)7-13(16)8-14(15)17/h7-8,10-11H,2-6,9H2,1H3. The monoisotopic (exact) mass is 267 g/mol. The second kappa shape index (κ2) is 6.13. The summed E-state index contributed by atoms with van der Waals surface area (Å²) in [6.45, 7) is 3.27. The molecule has 0 atom stereocenters. The number of rotatable bonds is 5. The Bertz CT molecular complexity index is 456. The van der Waals surface area contributed by atoms with Gasteiger partial charge < -0.3 is 4.90 Å². The van der Waals surface area contributed by atoms with Crippen LogP contribution in [0.5, 0.6) is 0 Å². The van der Waals surface area contributed by atoms with E-state index in [1.165, 1.54) is 12.8 Å². The number of carbonyl (C=O) groups is 1. The first-order valence-corrected chi connectivity index (χ1v) is 6.84. The molecule has 1 aromatic carbocycles. The summed E-state index contributed by atoms with van der Waals surface area (Å²) in [6, 6.07) is 1.95. The van der Waals surface area contributed by atoms with E-state index in [2.05, 4.69) is 0 Å². The van der Waals surface area contributed by atoms with E-state index in [1.807, 2.05) is 11.8 Å². The van der Waals surface area contributed by atoms with Crippen LogP contribution in [0, 0.1) is 17.6 Å². The van der Waals surface area contributed by atoms with Crippen molar-refractivity contribution in [3.63, 3.8) is 0 Å². The Morgan fingerprint density at radius 3 is 2.58 bits per heavy atom. The number of anilines is 1. The van der Waals surface area contributed by atoms with Gasteiger partial charge >= 0.3 is 0 Å². The predicted octanol–water partition coefficient (Wildman–Crippen LogP) is 3.79. The van der Waals surface area contributed by atoms with Gasteiger partial charge in [0.05, 0.1) is 5.69 Å². The lowest BCUT2D eigenvalue weighted by atomic mass is 10.1. The minimum absolute atomic E-state index is 0.0948. The van der Waals surface area contributed by atoms with Gasteiger partial charge in [0.25, 0.3) is 0 Å². The van der Waals surface area contributed by atoms with E-state index in [1.54, 1.807) is 0 Å². The quantitative estimate of drug-likeness (QED) is 0.756. The number of hydrogen-bond acceptors (Lipinski definition) is 2. The van der Waals surface area contributed by atoms with Crippen molar-refractivity contribution in [2.24, 2.45) is 5.92 Å². The fraction of sp³-hybridized carbons (Fsp3) is 0.533. The molecule has 0 aliphatic heterocycles. The molecule has 0 aromatic heterocycles. The molecule has 0 amide bonds. The van der Waals surface area contributed by atoms with Crippen molar-refractivity contribution >= 4 is 12.0 Å². The first-order valence-electron chi connectivity index (χ1n) is 6.84. The Balaban J connectivity index is 2.28. The van der Waals surface area contributed by atoms with Crippen LogP contribution in [0.1, 0.15) is 43.0 Å². The van der Waals surface area contributed by atoms with Crippen molar-refractivity contribution in [1.29, 1.82) is 0 Å². The van der Waals surface area contributed by atoms with Gasteiger partial charge in [0, 0.05) is 24.7 Å². The molecule has 0 spiro atoms. The third kappa shape index (κ3) is 3.11. The maximum absolute atomic E-state index is 14.0. The number of halogens is 2. The summed E-state index contributed by atoms with van der Waals surface area (Å²) in [5.41, 5.74) is 0.336. The minimum Gasteiger partial charge on any atom is -0.369 e. The third-order valence-electron chi connectivity index (χ3n) is 3.84. The van der Waals surface area contributed by atoms with Gasteiger partial charge in [-0.15, -0.1) is 0 Å². The molecule has 0 N–H and O–H groups in total. The molecule has 4 heteroatoms. The van der Waals surface area contributed by atoms with E-state index in [9.17, 15) is 13.6 Å². The molecule has 1 aliphatic carbocycles. The van der Waals surface area contributed by atoms with Crippen LogP contribution in [-0.2, 0) is 0 Å². The molecule has 0 saturated heterocycles. The van der Waals surface area contributed by atoms with E-state index in [4.69, 9.17) is 0 Å². The molecule has 1 saturated carbocycles. The first-order chi connectivity index (χ1) is 9.15. The molecule has 0 bridgehead atoms. The molecule has 0 radical (unpaired) electrons. The summed E-state index contributed by atoms with van der Waals surface area (Å²) in [7, 11) is 0. The molecule has 1 fully saturated rings. The lowest BCUT2D eigenvalue weighted by Gasteiger charge is -2.28. The Morgan fingerprint density at radius 2 is 2.00 bits per heavy atom. The van der Waals surface area contributed by atoms with Crippen molar-refractivity contribution in [2.45, 2.75) is 32.6 Å². The summed E-state index contributed by atoms with van der Waals surface area (Å²) in [6.07, 6.45) is 5.26. The van der Waals surface area contributed by atoms with Crippen molar-refractivity contribution in [2.75, 3.05) is 18.0 Å². The molecule has 0 unspecified atom stereocenters. The van der Waals surface area contributed by atoms with Gasteiger partial charge in [-0.1, -0.05) is 12.8 Å². The van der Waals surface area contributed by atoms with Crippen LogP contribution < -0.4 is 4.90 Å². The van der Waals surface area contributed by atoms with Crippen LogP contribution >= 0.6 is 0 Å². The summed E-state index contributed by atoms with van der Waals surface area (Å²) in [5, 5.41) is 0. The summed E-state index contributed by atoms with van der Waals surface area (Å²) in [5.74, 6) is -0.814. The molecule has 1 aromatic rings. The van der Waals surface area contributed by atoms with Crippen molar-refractivity contribution in [3.05, 3.63) is 29.3 Å². The normalized spacial score (nSPS) is 15.7. The van der Waals surface area contributed by atoms with Crippen molar-refractivity contribution < 1.29 is 13.6 Å². The lowest BCUT2D eigenvalue weighted by Crippen LogP contribution is -2.30. The van der Waals surface area contributed by atoms with E-state index in [0.717, 1.165) is 31.5 Å². The van der Waals surface area contributed by atoms with Crippen LogP contribution in [0.2, 0.25) is 0 Å². The summed E-state index contributed by atoms with van der Waals surface area (Å²) >= 11 is 0. The third-order valence-corrected chi connectivity index (χ3v) is 3.84. The number of benzene rings is 1. The van der Waals surface area contributed by atoms with Crippen LogP contribution in [0.4, 0.5) is 14.5 Å². The molecular formula is C15H19F2NO. The van der Waals surface area contributed by atoms with Gasteiger partial charge in [0.2, 0.25) is 0 Å². The maximum Gasteiger partial charge on any atom is 0.152 e. The Kier molecular flexibility index (Phi) is 4.51. The highest BCUT2D eigenvalue weighted by Gasteiger charge is 2.22. The van der Waals surface area contributed by atoms with Gasteiger partial charge in [-0.05, 0) is 31.7 Å². The van der Waals surface area contributed by atoms with Gasteiger partial charge in [0.1, 0.15) is 11.6 Å². The average Bonchev–Trinajstić information content (AvgIpc) is 2.88. The molecule has 104 valence electrons. The molecular weight excluding hydrogens is 248 g/mol. The van der Waals surface area contributed by atoms with E-state index < -0.39 is 11.6 Å². The second-order valence-corrected chi connectivity index (χ2v) is 5.13. The van der Waals surface area contributed by atoms with Gasteiger partial charge in [-0.25, -0.2) is 8.78 Å². The zero-order valence-electron chi connectivity index (χ0n) is 11.2. The average molecular weight is 267 g/mol.